The molecular weight excluding hydrogens is 238 g/mol. The van der Waals surface area contributed by atoms with Crippen molar-refractivity contribution in [1.29, 1.82) is 0 Å². The first-order chi connectivity index (χ1) is 7.96. The molecule has 0 fully saturated rings. The Morgan fingerprint density at radius 1 is 1.24 bits per heavy atom. The van der Waals surface area contributed by atoms with Gasteiger partial charge in [0.1, 0.15) is 5.82 Å². The van der Waals surface area contributed by atoms with E-state index >= 15 is 0 Å². The summed E-state index contributed by atoms with van der Waals surface area (Å²) in [6, 6.07) is 0. The first-order valence-electron chi connectivity index (χ1n) is 6.13. The van der Waals surface area contributed by atoms with E-state index in [1.165, 1.54) is 0 Å². The monoisotopic (exact) mass is 259 g/mol. The molecule has 1 aromatic rings. The van der Waals surface area contributed by atoms with Gasteiger partial charge < -0.3 is 9.30 Å². The Bertz CT molecular complexity index is 344. The third kappa shape index (κ3) is 4.28. The van der Waals surface area contributed by atoms with Gasteiger partial charge in [0, 0.05) is 25.2 Å². The normalized spacial score (nSPS) is 12.1. The van der Waals surface area contributed by atoms with Gasteiger partial charge in [-0.25, -0.2) is 0 Å². The minimum Gasteiger partial charge on any atom is -0.381 e. The van der Waals surface area contributed by atoms with Crippen molar-refractivity contribution >= 4 is 11.6 Å². The number of hydrogen-bond donors (Lipinski definition) is 0. The van der Waals surface area contributed by atoms with Crippen LogP contribution in [0.5, 0.6) is 0 Å². The van der Waals surface area contributed by atoms with Gasteiger partial charge in [0.05, 0.1) is 0 Å². The molecular formula is C12H22ClN3O. The second kappa shape index (κ2) is 6.36. The van der Waals surface area contributed by atoms with Crippen molar-refractivity contribution in [2.75, 3.05) is 13.2 Å². The van der Waals surface area contributed by atoms with E-state index in [0.717, 1.165) is 38.4 Å². The third-order valence-electron chi connectivity index (χ3n) is 2.40. The average Bonchev–Trinajstić information content (AvgIpc) is 2.59. The van der Waals surface area contributed by atoms with Gasteiger partial charge >= 0.3 is 0 Å². The molecule has 0 bridgehead atoms. The van der Waals surface area contributed by atoms with Crippen molar-refractivity contribution in [3.8, 4) is 0 Å². The fourth-order valence-electron chi connectivity index (χ4n) is 1.61. The highest BCUT2D eigenvalue weighted by Crippen LogP contribution is 2.22. The fourth-order valence-corrected chi connectivity index (χ4v) is 1.81. The minimum absolute atomic E-state index is 0.0373. The molecule has 98 valence electrons. The lowest BCUT2D eigenvalue weighted by atomic mass is 9.96. The van der Waals surface area contributed by atoms with Crippen LogP contribution in [0.1, 0.15) is 46.4 Å². The number of halogens is 1. The largest absolute Gasteiger partial charge is 0.381 e. The summed E-state index contributed by atoms with van der Waals surface area (Å²) < 4.78 is 7.42. The van der Waals surface area contributed by atoms with Crippen LogP contribution >= 0.6 is 11.6 Å². The Hall–Kier alpha value is -0.610. The molecule has 0 aliphatic heterocycles. The summed E-state index contributed by atoms with van der Waals surface area (Å²) in [5.74, 6) is 0.929. The Kier molecular flexibility index (Phi) is 5.40. The summed E-state index contributed by atoms with van der Waals surface area (Å²) in [4.78, 5) is 0. The lowest BCUT2D eigenvalue weighted by Gasteiger charge is -2.18. The maximum Gasteiger partial charge on any atom is 0.225 e. The van der Waals surface area contributed by atoms with Crippen molar-refractivity contribution in [2.24, 2.45) is 0 Å². The van der Waals surface area contributed by atoms with E-state index in [-0.39, 0.29) is 5.41 Å². The Morgan fingerprint density at radius 2 is 1.94 bits per heavy atom. The van der Waals surface area contributed by atoms with Gasteiger partial charge in [0.15, 0.2) is 0 Å². The quantitative estimate of drug-likeness (QED) is 0.738. The predicted molar refractivity (Wildman–Crippen MR) is 69.5 cm³/mol. The van der Waals surface area contributed by atoms with E-state index in [1.54, 1.807) is 0 Å². The molecule has 17 heavy (non-hydrogen) atoms. The summed E-state index contributed by atoms with van der Waals surface area (Å²) >= 11 is 6.04. The Labute approximate surface area is 108 Å². The number of nitrogens with zero attached hydrogens (tertiary/aromatic N) is 3. The molecule has 0 spiro atoms. The zero-order valence-electron chi connectivity index (χ0n) is 11.2. The van der Waals surface area contributed by atoms with Crippen LogP contribution < -0.4 is 0 Å². The molecule has 0 N–H and O–H groups in total. The van der Waals surface area contributed by atoms with Gasteiger partial charge in [0.2, 0.25) is 5.28 Å². The molecule has 1 aromatic heterocycles. The van der Waals surface area contributed by atoms with Gasteiger partial charge in [-0.3, -0.25) is 0 Å². The van der Waals surface area contributed by atoms with Crippen LogP contribution in [0.3, 0.4) is 0 Å². The van der Waals surface area contributed by atoms with Crippen molar-refractivity contribution < 1.29 is 4.74 Å². The summed E-state index contributed by atoms with van der Waals surface area (Å²) in [5.41, 5.74) is -0.0373. The predicted octanol–water partition coefficient (Wildman–Crippen LogP) is 3.05. The highest BCUT2D eigenvalue weighted by molar-refractivity contribution is 6.28. The van der Waals surface area contributed by atoms with Crippen LogP contribution in [0.15, 0.2) is 0 Å². The molecule has 1 rings (SSSR count). The Balaban J connectivity index is 2.55. The Morgan fingerprint density at radius 3 is 2.53 bits per heavy atom. The van der Waals surface area contributed by atoms with Crippen LogP contribution in [-0.2, 0) is 16.7 Å². The van der Waals surface area contributed by atoms with Crippen molar-refractivity contribution in [3.05, 3.63) is 11.1 Å². The SMILES string of the molecule is CCCOCCCn1c(Cl)nnc1C(C)(C)C. The molecule has 5 heteroatoms. The minimum atomic E-state index is -0.0373. The molecule has 0 unspecified atom stereocenters. The van der Waals surface area contributed by atoms with E-state index in [2.05, 4.69) is 37.9 Å². The number of aromatic nitrogens is 3. The van der Waals surface area contributed by atoms with Crippen LogP contribution in [-0.4, -0.2) is 28.0 Å². The van der Waals surface area contributed by atoms with Gasteiger partial charge in [-0.15, -0.1) is 10.2 Å². The molecule has 0 amide bonds. The number of hydrogen-bond acceptors (Lipinski definition) is 3. The first kappa shape index (κ1) is 14.5. The maximum atomic E-state index is 6.04. The van der Waals surface area contributed by atoms with E-state index < -0.39 is 0 Å². The van der Waals surface area contributed by atoms with Gasteiger partial charge in [-0.05, 0) is 24.4 Å². The molecule has 0 saturated heterocycles. The second-order valence-electron chi connectivity index (χ2n) is 5.16. The fraction of sp³-hybridized carbons (Fsp3) is 0.833. The summed E-state index contributed by atoms with van der Waals surface area (Å²) in [6.07, 6.45) is 1.99. The molecule has 0 radical (unpaired) electrons. The molecule has 0 aliphatic rings. The van der Waals surface area contributed by atoms with Crippen molar-refractivity contribution in [3.63, 3.8) is 0 Å². The van der Waals surface area contributed by atoms with Crippen LogP contribution in [0.25, 0.3) is 0 Å². The molecule has 0 atom stereocenters. The standard InChI is InChI=1S/C12H22ClN3O/c1-5-8-17-9-6-7-16-10(12(2,3)4)14-15-11(16)13/h5-9H2,1-4H3. The van der Waals surface area contributed by atoms with E-state index in [4.69, 9.17) is 16.3 Å². The molecule has 0 saturated carbocycles. The van der Waals surface area contributed by atoms with E-state index in [1.807, 2.05) is 4.57 Å². The number of ether oxygens (including phenoxy) is 1. The smallest absolute Gasteiger partial charge is 0.225 e. The van der Waals surface area contributed by atoms with Crippen LogP contribution in [0.2, 0.25) is 5.28 Å². The molecule has 0 aliphatic carbocycles. The third-order valence-corrected chi connectivity index (χ3v) is 2.67. The molecule has 0 aromatic carbocycles. The van der Waals surface area contributed by atoms with Crippen LogP contribution in [0.4, 0.5) is 0 Å². The van der Waals surface area contributed by atoms with Gasteiger partial charge in [0.25, 0.3) is 0 Å². The van der Waals surface area contributed by atoms with E-state index in [9.17, 15) is 0 Å². The topological polar surface area (TPSA) is 39.9 Å². The summed E-state index contributed by atoms with van der Waals surface area (Å²) in [5, 5.41) is 8.54. The first-order valence-corrected chi connectivity index (χ1v) is 6.51. The van der Waals surface area contributed by atoms with Crippen molar-refractivity contribution in [1.82, 2.24) is 14.8 Å². The van der Waals surface area contributed by atoms with Crippen molar-refractivity contribution in [2.45, 2.75) is 52.5 Å². The zero-order chi connectivity index (χ0) is 12.9. The highest BCUT2D eigenvalue weighted by atomic mass is 35.5. The lowest BCUT2D eigenvalue weighted by Crippen LogP contribution is -2.19. The second-order valence-corrected chi connectivity index (χ2v) is 5.50. The zero-order valence-corrected chi connectivity index (χ0v) is 11.9. The molecule has 1 heterocycles. The van der Waals surface area contributed by atoms with Crippen LogP contribution in [0, 0.1) is 0 Å². The number of rotatable bonds is 6. The van der Waals surface area contributed by atoms with Gasteiger partial charge in [-0.1, -0.05) is 27.7 Å². The lowest BCUT2D eigenvalue weighted by molar-refractivity contribution is 0.129. The highest BCUT2D eigenvalue weighted by Gasteiger charge is 2.22. The molecule has 4 nitrogen and oxygen atoms in total. The summed E-state index contributed by atoms with van der Waals surface area (Å²) in [6.45, 7) is 10.8. The average molecular weight is 260 g/mol. The van der Waals surface area contributed by atoms with Gasteiger partial charge in [-0.2, -0.15) is 0 Å². The van der Waals surface area contributed by atoms with E-state index in [0.29, 0.717) is 5.28 Å². The summed E-state index contributed by atoms with van der Waals surface area (Å²) in [7, 11) is 0. The maximum absolute atomic E-state index is 6.04.